The molecule has 0 amide bonds. The number of benzene rings is 2. The molecule has 4 rings (SSSR count). The third kappa shape index (κ3) is 3.60. The first-order valence-corrected chi connectivity index (χ1v) is 8.48. The van der Waals surface area contributed by atoms with Crippen LogP contribution in [0.4, 0.5) is 4.39 Å². The van der Waals surface area contributed by atoms with Crippen molar-refractivity contribution in [2.75, 3.05) is 0 Å². The molecule has 2 aromatic carbocycles. The zero-order valence-electron chi connectivity index (χ0n) is 14.9. The lowest BCUT2D eigenvalue weighted by atomic mass is 10.1. The first-order valence-electron chi connectivity index (χ1n) is 8.48. The minimum atomic E-state index is -0.318. The van der Waals surface area contributed by atoms with Gasteiger partial charge in [0, 0.05) is 5.56 Å². The molecule has 0 fully saturated rings. The minimum absolute atomic E-state index is 0.257. The number of aromatic nitrogens is 2. The van der Waals surface area contributed by atoms with Crippen LogP contribution in [0.3, 0.4) is 0 Å². The van der Waals surface area contributed by atoms with Gasteiger partial charge in [-0.25, -0.2) is 4.39 Å². The van der Waals surface area contributed by atoms with E-state index in [0.717, 1.165) is 16.9 Å². The van der Waals surface area contributed by atoms with Gasteiger partial charge in [0.1, 0.15) is 23.9 Å². The Morgan fingerprint density at radius 2 is 1.70 bits per heavy atom. The second-order valence-corrected chi connectivity index (χ2v) is 6.21. The molecule has 0 saturated carbocycles. The molecular weight excluding hydrogens is 347 g/mol. The Bertz CT molecular complexity index is 1050. The smallest absolute Gasteiger partial charge is 0.293 e. The maximum atomic E-state index is 13.0. The van der Waals surface area contributed by atoms with Gasteiger partial charge in [-0.3, -0.25) is 0 Å². The quantitative estimate of drug-likeness (QED) is 0.479. The fraction of sp³-hybridized carbons (Fsp3) is 0.143. The summed E-state index contributed by atoms with van der Waals surface area (Å²) in [5.74, 6) is 2.27. The molecule has 4 aromatic rings. The monoisotopic (exact) mass is 364 g/mol. The molecule has 0 unspecified atom stereocenters. The van der Waals surface area contributed by atoms with E-state index in [9.17, 15) is 4.39 Å². The van der Waals surface area contributed by atoms with E-state index in [-0.39, 0.29) is 11.7 Å². The van der Waals surface area contributed by atoms with Gasteiger partial charge in [0.2, 0.25) is 5.82 Å². The number of rotatable bonds is 5. The van der Waals surface area contributed by atoms with Crippen LogP contribution in [0.25, 0.3) is 23.0 Å². The van der Waals surface area contributed by atoms with Crippen molar-refractivity contribution in [2.24, 2.45) is 0 Å². The highest BCUT2D eigenvalue weighted by Crippen LogP contribution is 2.26. The average Bonchev–Trinajstić information content (AvgIpc) is 3.31. The van der Waals surface area contributed by atoms with E-state index in [1.807, 2.05) is 38.1 Å². The number of furan rings is 1. The Kier molecular flexibility index (Phi) is 4.46. The summed E-state index contributed by atoms with van der Waals surface area (Å²) < 4.78 is 29.9. The molecule has 0 radical (unpaired) electrons. The molecule has 0 bridgehead atoms. The average molecular weight is 364 g/mol. The third-order valence-corrected chi connectivity index (χ3v) is 4.17. The SMILES string of the molecule is Cc1cccc(C)c1OCc1ccc(-c2nc(-c3ccc(F)cc3)no2)o1. The van der Waals surface area contributed by atoms with Crippen molar-refractivity contribution in [3.8, 4) is 28.8 Å². The van der Waals surface area contributed by atoms with E-state index >= 15 is 0 Å². The minimum Gasteiger partial charge on any atom is -0.485 e. The van der Waals surface area contributed by atoms with Crippen molar-refractivity contribution < 1.29 is 18.1 Å². The highest BCUT2D eigenvalue weighted by Gasteiger charge is 2.15. The Balaban J connectivity index is 1.49. The van der Waals surface area contributed by atoms with Gasteiger partial charge in [0.05, 0.1) is 0 Å². The Morgan fingerprint density at radius 3 is 2.44 bits per heavy atom. The highest BCUT2D eigenvalue weighted by atomic mass is 19.1. The van der Waals surface area contributed by atoms with E-state index in [4.69, 9.17) is 13.7 Å². The molecule has 0 aliphatic heterocycles. The number of nitrogens with zero attached hydrogens (tertiary/aromatic N) is 2. The van der Waals surface area contributed by atoms with Gasteiger partial charge in [-0.2, -0.15) is 4.98 Å². The lowest BCUT2D eigenvalue weighted by Crippen LogP contribution is -1.97. The molecule has 6 heteroatoms. The molecule has 0 aliphatic rings. The topological polar surface area (TPSA) is 61.3 Å². The van der Waals surface area contributed by atoms with Crippen LogP contribution in [0.5, 0.6) is 5.75 Å². The van der Waals surface area contributed by atoms with Crippen LogP contribution in [-0.2, 0) is 6.61 Å². The number of ether oxygens (including phenoxy) is 1. The van der Waals surface area contributed by atoms with Crippen molar-refractivity contribution in [1.82, 2.24) is 10.1 Å². The van der Waals surface area contributed by atoms with Crippen molar-refractivity contribution in [1.29, 1.82) is 0 Å². The zero-order valence-corrected chi connectivity index (χ0v) is 14.9. The number of para-hydroxylation sites is 1. The van der Waals surface area contributed by atoms with E-state index < -0.39 is 0 Å². The summed E-state index contributed by atoms with van der Waals surface area (Å²) in [5, 5.41) is 3.92. The fourth-order valence-electron chi connectivity index (χ4n) is 2.78. The molecule has 2 heterocycles. The molecule has 136 valence electrons. The predicted octanol–water partition coefficient (Wildman–Crippen LogP) is 5.33. The second-order valence-electron chi connectivity index (χ2n) is 6.21. The third-order valence-electron chi connectivity index (χ3n) is 4.17. The van der Waals surface area contributed by atoms with Gasteiger partial charge in [0.25, 0.3) is 5.89 Å². The molecule has 0 N–H and O–H groups in total. The largest absolute Gasteiger partial charge is 0.485 e. The second kappa shape index (κ2) is 7.07. The van der Waals surface area contributed by atoms with Gasteiger partial charge < -0.3 is 13.7 Å². The predicted molar refractivity (Wildman–Crippen MR) is 97.6 cm³/mol. The van der Waals surface area contributed by atoms with Crippen LogP contribution in [0.15, 0.2) is 63.5 Å². The molecule has 2 aromatic heterocycles. The van der Waals surface area contributed by atoms with E-state index in [0.29, 0.717) is 29.5 Å². The van der Waals surface area contributed by atoms with Crippen LogP contribution >= 0.6 is 0 Å². The molecule has 0 aliphatic carbocycles. The molecule has 5 nitrogen and oxygen atoms in total. The standard InChI is InChI=1S/C21H17FN2O3/c1-13-4-3-5-14(2)19(13)25-12-17-10-11-18(26-17)21-23-20(24-27-21)15-6-8-16(22)9-7-15/h3-11H,12H2,1-2H3. The number of halogens is 1. The maximum Gasteiger partial charge on any atom is 0.293 e. The Hall–Kier alpha value is -3.41. The first-order chi connectivity index (χ1) is 13.1. The van der Waals surface area contributed by atoms with Crippen LogP contribution in [0, 0.1) is 19.7 Å². The number of hydrogen-bond acceptors (Lipinski definition) is 5. The summed E-state index contributed by atoms with van der Waals surface area (Å²) in [5.41, 5.74) is 2.81. The Morgan fingerprint density at radius 1 is 0.963 bits per heavy atom. The van der Waals surface area contributed by atoms with Crippen LogP contribution in [-0.4, -0.2) is 10.1 Å². The van der Waals surface area contributed by atoms with Crippen LogP contribution in [0.1, 0.15) is 16.9 Å². The van der Waals surface area contributed by atoms with E-state index in [1.54, 1.807) is 18.2 Å². The summed E-state index contributed by atoms with van der Waals surface area (Å²) in [6, 6.07) is 15.5. The molecule has 0 saturated heterocycles. The van der Waals surface area contributed by atoms with Gasteiger partial charge >= 0.3 is 0 Å². The molecular formula is C21H17FN2O3. The first kappa shape index (κ1) is 17.0. The lowest BCUT2D eigenvalue weighted by molar-refractivity contribution is 0.267. The number of hydrogen-bond donors (Lipinski definition) is 0. The Labute approximate surface area is 155 Å². The zero-order chi connectivity index (χ0) is 18.8. The molecule has 27 heavy (non-hydrogen) atoms. The van der Waals surface area contributed by atoms with Crippen molar-refractivity contribution in [3.63, 3.8) is 0 Å². The summed E-state index contributed by atoms with van der Waals surface area (Å²) in [6.45, 7) is 4.31. The van der Waals surface area contributed by atoms with Gasteiger partial charge in [-0.1, -0.05) is 23.4 Å². The number of aryl methyl sites for hydroxylation is 2. The van der Waals surface area contributed by atoms with E-state index in [1.165, 1.54) is 12.1 Å². The summed E-state index contributed by atoms with van der Waals surface area (Å²) >= 11 is 0. The maximum absolute atomic E-state index is 13.0. The summed E-state index contributed by atoms with van der Waals surface area (Å²) in [7, 11) is 0. The van der Waals surface area contributed by atoms with Gasteiger partial charge in [-0.15, -0.1) is 0 Å². The summed E-state index contributed by atoms with van der Waals surface area (Å²) in [4.78, 5) is 4.31. The summed E-state index contributed by atoms with van der Waals surface area (Å²) in [6.07, 6.45) is 0. The normalized spacial score (nSPS) is 10.9. The molecule has 0 atom stereocenters. The van der Waals surface area contributed by atoms with Gasteiger partial charge in [0.15, 0.2) is 5.76 Å². The van der Waals surface area contributed by atoms with Crippen molar-refractivity contribution in [3.05, 3.63) is 77.3 Å². The van der Waals surface area contributed by atoms with Crippen molar-refractivity contribution in [2.45, 2.75) is 20.5 Å². The van der Waals surface area contributed by atoms with E-state index in [2.05, 4.69) is 10.1 Å². The fourth-order valence-corrected chi connectivity index (χ4v) is 2.78. The van der Waals surface area contributed by atoms with Crippen LogP contribution < -0.4 is 4.74 Å². The van der Waals surface area contributed by atoms with Crippen LogP contribution in [0.2, 0.25) is 0 Å². The lowest BCUT2D eigenvalue weighted by Gasteiger charge is -2.10. The highest BCUT2D eigenvalue weighted by molar-refractivity contribution is 5.57. The van der Waals surface area contributed by atoms with Gasteiger partial charge in [-0.05, 0) is 61.4 Å². The molecule has 0 spiro atoms. The van der Waals surface area contributed by atoms with Crippen molar-refractivity contribution >= 4 is 0 Å².